The maximum Gasteiger partial charge on any atom is 0.257 e. The van der Waals surface area contributed by atoms with E-state index in [-0.39, 0.29) is 5.91 Å². The van der Waals surface area contributed by atoms with E-state index in [1.807, 2.05) is 48.5 Å². The highest BCUT2D eigenvalue weighted by atomic mass is 35.5. The van der Waals surface area contributed by atoms with Gasteiger partial charge in [0.15, 0.2) is 0 Å². The van der Waals surface area contributed by atoms with Crippen molar-refractivity contribution in [1.82, 2.24) is 4.98 Å². The first-order valence-electron chi connectivity index (χ1n) is 7.05. The van der Waals surface area contributed by atoms with Crippen molar-refractivity contribution in [2.45, 2.75) is 0 Å². The number of nitrogens with one attached hydrogen (secondary N) is 2. The van der Waals surface area contributed by atoms with Crippen LogP contribution < -0.4 is 10.6 Å². The number of anilines is 3. The molecule has 0 aliphatic heterocycles. The number of halogens is 1. The summed E-state index contributed by atoms with van der Waals surface area (Å²) in [6, 6.07) is 18.4. The number of benzene rings is 2. The van der Waals surface area contributed by atoms with E-state index in [9.17, 15) is 4.79 Å². The van der Waals surface area contributed by atoms with Crippen LogP contribution in [0.4, 0.5) is 17.1 Å². The van der Waals surface area contributed by atoms with Crippen LogP contribution in [-0.2, 0) is 0 Å². The van der Waals surface area contributed by atoms with Crippen LogP contribution in [-0.4, -0.2) is 10.9 Å². The average molecular weight is 324 g/mol. The van der Waals surface area contributed by atoms with E-state index in [0.717, 1.165) is 17.1 Å². The minimum Gasteiger partial charge on any atom is -0.355 e. The van der Waals surface area contributed by atoms with Crippen molar-refractivity contribution in [3.05, 3.63) is 83.6 Å². The van der Waals surface area contributed by atoms with Crippen LogP contribution in [0, 0.1) is 0 Å². The van der Waals surface area contributed by atoms with Gasteiger partial charge in [0, 0.05) is 34.5 Å². The summed E-state index contributed by atoms with van der Waals surface area (Å²) in [6.45, 7) is 0. The molecule has 0 unspecified atom stereocenters. The predicted molar refractivity (Wildman–Crippen MR) is 93.4 cm³/mol. The quantitative estimate of drug-likeness (QED) is 0.729. The summed E-state index contributed by atoms with van der Waals surface area (Å²) in [5, 5.41) is 6.76. The lowest BCUT2D eigenvalue weighted by molar-refractivity contribution is 0.102. The zero-order chi connectivity index (χ0) is 16.1. The zero-order valence-electron chi connectivity index (χ0n) is 12.2. The van der Waals surface area contributed by atoms with Gasteiger partial charge in [0.2, 0.25) is 0 Å². The van der Waals surface area contributed by atoms with E-state index in [2.05, 4.69) is 15.6 Å². The first-order valence-corrected chi connectivity index (χ1v) is 7.42. The van der Waals surface area contributed by atoms with E-state index >= 15 is 0 Å². The summed E-state index contributed by atoms with van der Waals surface area (Å²) in [4.78, 5) is 16.0. The minimum absolute atomic E-state index is 0.186. The topological polar surface area (TPSA) is 54.0 Å². The van der Waals surface area contributed by atoms with Crippen molar-refractivity contribution < 1.29 is 4.79 Å². The Labute approximate surface area is 139 Å². The Kier molecular flexibility index (Phi) is 4.54. The molecule has 4 nitrogen and oxygen atoms in total. The van der Waals surface area contributed by atoms with Gasteiger partial charge < -0.3 is 10.6 Å². The highest BCUT2D eigenvalue weighted by Gasteiger charge is 2.05. The molecule has 0 saturated heterocycles. The molecule has 0 bridgehead atoms. The molecule has 0 fully saturated rings. The molecule has 2 aromatic carbocycles. The molecule has 0 aliphatic rings. The lowest BCUT2D eigenvalue weighted by Gasteiger charge is -2.09. The first-order chi connectivity index (χ1) is 11.2. The number of pyridine rings is 1. The smallest absolute Gasteiger partial charge is 0.257 e. The van der Waals surface area contributed by atoms with Gasteiger partial charge in [-0.25, -0.2) is 0 Å². The molecule has 0 radical (unpaired) electrons. The van der Waals surface area contributed by atoms with Gasteiger partial charge in [-0.3, -0.25) is 9.78 Å². The number of aromatic nitrogens is 1. The second-order valence-electron chi connectivity index (χ2n) is 4.91. The summed E-state index contributed by atoms with van der Waals surface area (Å²) in [5.41, 5.74) is 3.06. The molecule has 1 amide bonds. The van der Waals surface area contributed by atoms with Crippen LogP contribution in [0.2, 0.25) is 5.02 Å². The van der Waals surface area contributed by atoms with E-state index in [1.165, 1.54) is 6.20 Å². The summed E-state index contributed by atoms with van der Waals surface area (Å²) < 4.78 is 0. The van der Waals surface area contributed by atoms with Crippen molar-refractivity contribution in [2.24, 2.45) is 0 Å². The molecule has 0 atom stereocenters. The van der Waals surface area contributed by atoms with Crippen molar-refractivity contribution >= 4 is 34.6 Å². The molecule has 3 aromatic rings. The summed E-state index contributed by atoms with van der Waals surface area (Å²) in [7, 11) is 0. The maximum absolute atomic E-state index is 12.0. The van der Waals surface area contributed by atoms with Crippen molar-refractivity contribution in [3.8, 4) is 0 Å². The van der Waals surface area contributed by atoms with Gasteiger partial charge in [0.1, 0.15) is 0 Å². The van der Waals surface area contributed by atoms with Gasteiger partial charge in [-0.2, -0.15) is 0 Å². The number of nitrogens with zero attached hydrogens (tertiary/aromatic N) is 1. The fourth-order valence-corrected chi connectivity index (χ4v) is 2.26. The van der Waals surface area contributed by atoms with Crippen LogP contribution in [0.15, 0.2) is 73.1 Å². The molecule has 1 aromatic heterocycles. The molecule has 0 spiro atoms. The number of hydrogen-bond acceptors (Lipinski definition) is 3. The third-order valence-corrected chi connectivity index (χ3v) is 3.41. The third kappa shape index (κ3) is 4.08. The highest BCUT2D eigenvalue weighted by Crippen LogP contribution is 2.21. The van der Waals surface area contributed by atoms with Gasteiger partial charge in [-0.1, -0.05) is 17.7 Å². The summed E-state index contributed by atoms with van der Waals surface area (Å²) >= 11 is 5.96. The fraction of sp³-hybridized carbons (Fsp3) is 0. The molecule has 0 saturated carbocycles. The van der Waals surface area contributed by atoms with Crippen molar-refractivity contribution in [2.75, 3.05) is 10.6 Å². The van der Waals surface area contributed by atoms with Crippen molar-refractivity contribution in [1.29, 1.82) is 0 Å². The second-order valence-corrected chi connectivity index (χ2v) is 5.34. The number of rotatable bonds is 4. The molecule has 23 heavy (non-hydrogen) atoms. The summed E-state index contributed by atoms with van der Waals surface area (Å²) in [5.74, 6) is -0.186. The number of amides is 1. The normalized spacial score (nSPS) is 10.1. The van der Waals surface area contributed by atoms with Crippen LogP contribution in [0.25, 0.3) is 0 Å². The Bertz CT molecular complexity index is 804. The molecule has 2 N–H and O–H groups in total. The lowest BCUT2D eigenvalue weighted by Crippen LogP contribution is -2.11. The van der Waals surface area contributed by atoms with Gasteiger partial charge in [-0.05, 0) is 54.6 Å². The minimum atomic E-state index is -0.186. The molecular formula is C18H14ClN3O. The Balaban J connectivity index is 1.66. The van der Waals surface area contributed by atoms with E-state index in [0.29, 0.717) is 10.6 Å². The number of hydrogen-bond donors (Lipinski definition) is 2. The van der Waals surface area contributed by atoms with Crippen molar-refractivity contribution in [3.63, 3.8) is 0 Å². The highest BCUT2D eigenvalue weighted by molar-refractivity contribution is 6.30. The Morgan fingerprint density at radius 2 is 1.70 bits per heavy atom. The van der Waals surface area contributed by atoms with Gasteiger partial charge >= 0.3 is 0 Å². The molecule has 1 heterocycles. The van der Waals surface area contributed by atoms with E-state index in [4.69, 9.17) is 11.6 Å². The van der Waals surface area contributed by atoms with Crippen LogP contribution in [0.3, 0.4) is 0 Å². The average Bonchev–Trinajstić information content (AvgIpc) is 2.57. The third-order valence-electron chi connectivity index (χ3n) is 3.18. The maximum atomic E-state index is 12.0. The lowest BCUT2D eigenvalue weighted by atomic mass is 10.2. The SMILES string of the molecule is O=C(Nc1ccc(Nc2cccc(Cl)c2)cc1)c1cccnc1. The van der Waals surface area contributed by atoms with Crippen LogP contribution in [0.5, 0.6) is 0 Å². The van der Waals surface area contributed by atoms with Gasteiger partial charge in [-0.15, -0.1) is 0 Å². The molecule has 114 valence electrons. The predicted octanol–water partition coefficient (Wildman–Crippen LogP) is 4.73. The molecular weight excluding hydrogens is 310 g/mol. The standard InChI is InChI=1S/C18H14ClN3O/c19-14-4-1-5-17(11-14)21-15-6-8-16(9-7-15)22-18(23)13-3-2-10-20-12-13/h1-12,21H,(H,22,23). The number of carbonyl (C=O) groups is 1. The zero-order valence-corrected chi connectivity index (χ0v) is 12.9. The van der Waals surface area contributed by atoms with Gasteiger partial charge in [0.25, 0.3) is 5.91 Å². The first kappa shape index (κ1) is 15.1. The second kappa shape index (κ2) is 6.94. The fourth-order valence-electron chi connectivity index (χ4n) is 2.07. The van der Waals surface area contributed by atoms with E-state index < -0.39 is 0 Å². The largest absolute Gasteiger partial charge is 0.355 e. The number of carbonyl (C=O) groups excluding carboxylic acids is 1. The molecule has 3 rings (SSSR count). The van der Waals surface area contributed by atoms with Crippen LogP contribution >= 0.6 is 11.6 Å². The Hall–Kier alpha value is -2.85. The molecule has 0 aliphatic carbocycles. The Morgan fingerprint density at radius 1 is 0.913 bits per heavy atom. The molecule has 5 heteroatoms. The monoisotopic (exact) mass is 323 g/mol. The van der Waals surface area contributed by atoms with E-state index in [1.54, 1.807) is 18.3 Å². The van der Waals surface area contributed by atoms with Crippen LogP contribution in [0.1, 0.15) is 10.4 Å². The van der Waals surface area contributed by atoms with Gasteiger partial charge in [0.05, 0.1) is 5.56 Å². The Morgan fingerprint density at radius 3 is 2.39 bits per heavy atom. The summed E-state index contributed by atoms with van der Waals surface area (Å²) in [6.07, 6.45) is 3.16.